The van der Waals surface area contributed by atoms with Crippen LogP contribution in [-0.2, 0) is 9.59 Å². The number of carbonyl (C=O) groups is 2. The molecule has 0 atom stereocenters. The van der Waals surface area contributed by atoms with E-state index in [9.17, 15) is 9.59 Å². The highest BCUT2D eigenvalue weighted by Crippen LogP contribution is 2.16. The average Bonchev–Trinajstić information content (AvgIpc) is 2.40. The lowest BCUT2D eigenvalue weighted by Crippen LogP contribution is -2.36. The molecular weight excluding hydrogens is 268 g/mol. The Bertz CT molecular complexity index is 475. The lowest BCUT2D eigenvalue weighted by molar-refractivity contribution is -0.128. The van der Waals surface area contributed by atoms with E-state index >= 15 is 0 Å². The number of carbonyl (C=O) groups excluding carboxylic acids is 2. The Kier molecular flexibility index (Phi) is 6.21. The van der Waals surface area contributed by atoms with E-state index in [1.807, 2.05) is 27.7 Å². The Morgan fingerprint density at radius 1 is 1.14 bits per heavy atom. The summed E-state index contributed by atoms with van der Waals surface area (Å²) in [6, 6.07) is 7.19. The van der Waals surface area contributed by atoms with Gasteiger partial charge in [-0.25, -0.2) is 0 Å². The van der Waals surface area contributed by atoms with Crippen LogP contribution in [0.25, 0.3) is 0 Å². The summed E-state index contributed by atoms with van der Waals surface area (Å²) in [7, 11) is 0. The smallest absolute Gasteiger partial charge is 0.226 e. The highest BCUT2D eigenvalue weighted by Gasteiger charge is 2.20. The molecule has 116 valence electrons. The molecule has 21 heavy (non-hydrogen) atoms. The number of hydrogen-bond acceptors (Lipinski definition) is 3. The van der Waals surface area contributed by atoms with Crippen LogP contribution in [0.5, 0.6) is 5.75 Å². The average molecular weight is 292 g/mol. The normalized spacial score (nSPS) is 10.9. The fourth-order valence-electron chi connectivity index (χ4n) is 1.58. The first-order chi connectivity index (χ1) is 9.82. The maximum Gasteiger partial charge on any atom is 0.226 e. The number of nitrogens with one attached hydrogen (secondary N) is 2. The third-order valence-electron chi connectivity index (χ3n) is 2.77. The maximum absolute atomic E-state index is 11.8. The summed E-state index contributed by atoms with van der Waals surface area (Å²) in [5, 5.41) is 5.52. The second kappa shape index (κ2) is 7.67. The summed E-state index contributed by atoms with van der Waals surface area (Å²) in [5.41, 5.74) is 0.275. The van der Waals surface area contributed by atoms with E-state index in [0.717, 1.165) is 5.75 Å². The van der Waals surface area contributed by atoms with Gasteiger partial charge in [-0.3, -0.25) is 9.59 Å². The molecule has 1 aromatic carbocycles. The molecule has 0 heterocycles. The standard InChI is InChI=1S/C16H24N2O3/c1-5-21-13-8-6-12(7-9-13)18-14(19)10-11-17-15(20)16(2,3)4/h6-9H,5,10-11H2,1-4H3,(H,17,20)(H,18,19). The van der Waals surface area contributed by atoms with Crippen molar-refractivity contribution in [2.24, 2.45) is 5.41 Å². The zero-order chi connectivity index (χ0) is 15.9. The molecular formula is C16H24N2O3. The van der Waals surface area contributed by atoms with E-state index in [0.29, 0.717) is 18.8 Å². The van der Waals surface area contributed by atoms with Crippen molar-refractivity contribution in [2.75, 3.05) is 18.5 Å². The molecule has 0 saturated heterocycles. The van der Waals surface area contributed by atoms with Crippen LogP contribution in [0, 0.1) is 5.41 Å². The largest absolute Gasteiger partial charge is 0.494 e. The fourth-order valence-corrected chi connectivity index (χ4v) is 1.58. The van der Waals surface area contributed by atoms with E-state index in [1.165, 1.54) is 0 Å². The summed E-state index contributed by atoms with van der Waals surface area (Å²) in [6.07, 6.45) is 0.245. The van der Waals surface area contributed by atoms with Gasteiger partial charge in [0, 0.05) is 24.1 Å². The molecule has 0 bridgehead atoms. The van der Waals surface area contributed by atoms with Gasteiger partial charge in [-0.15, -0.1) is 0 Å². The molecule has 0 unspecified atom stereocenters. The maximum atomic E-state index is 11.8. The molecule has 0 aromatic heterocycles. The van der Waals surface area contributed by atoms with E-state index in [1.54, 1.807) is 24.3 Å². The second-order valence-corrected chi connectivity index (χ2v) is 5.76. The van der Waals surface area contributed by atoms with Gasteiger partial charge in [0.25, 0.3) is 0 Å². The van der Waals surface area contributed by atoms with Crippen molar-refractivity contribution in [3.05, 3.63) is 24.3 Å². The predicted molar refractivity (Wildman–Crippen MR) is 83.3 cm³/mol. The predicted octanol–water partition coefficient (Wildman–Crippen LogP) is 2.58. The quantitative estimate of drug-likeness (QED) is 0.847. The molecule has 2 amide bonds. The number of anilines is 1. The van der Waals surface area contributed by atoms with Crippen molar-refractivity contribution in [3.8, 4) is 5.75 Å². The van der Waals surface area contributed by atoms with Crippen LogP contribution < -0.4 is 15.4 Å². The van der Waals surface area contributed by atoms with Crippen LogP contribution in [0.2, 0.25) is 0 Å². The topological polar surface area (TPSA) is 67.4 Å². The summed E-state index contributed by atoms with van der Waals surface area (Å²) < 4.78 is 5.33. The molecule has 5 nitrogen and oxygen atoms in total. The van der Waals surface area contributed by atoms with Crippen molar-refractivity contribution in [3.63, 3.8) is 0 Å². The lowest BCUT2D eigenvalue weighted by Gasteiger charge is -2.17. The minimum atomic E-state index is -0.439. The molecule has 5 heteroatoms. The van der Waals surface area contributed by atoms with Crippen molar-refractivity contribution in [1.29, 1.82) is 0 Å². The molecule has 0 fully saturated rings. The Morgan fingerprint density at radius 2 is 1.76 bits per heavy atom. The Labute approximate surface area is 126 Å². The van der Waals surface area contributed by atoms with Gasteiger partial charge in [-0.2, -0.15) is 0 Å². The molecule has 0 saturated carbocycles. The van der Waals surface area contributed by atoms with Gasteiger partial charge in [0.2, 0.25) is 11.8 Å². The van der Waals surface area contributed by atoms with Crippen LogP contribution in [0.4, 0.5) is 5.69 Å². The minimum Gasteiger partial charge on any atom is -0.494 e. The van der Waals surface area contributed by atoms with Gasteiger partial charge in [0.1, 0.15) is 5.75 Å². The van der Waals surface area contributed by atoms with Crippen LogP contribution in [-0.4, -0.2) is 25.0 Å². The van der Waals surface area contributed by atoms with Crippen LogP contribution in [0.3, 0.4) is 0 Å². The molecule has 1 rings (SSSR count). The number of rotatable bonds is 6. The third-order valence-corrected chi connectivity index (χ3v) is 2.77. The molecule has 0 aliphatic carbocycles. The highest BCUT2D eigenvalue weighted by molar-refractivity contribution is 5.91. The first-order valence-electron chi connectivity index (χ1n) is 7.14. The lowest BCUT2D eigenvalue weighted by atomic mass is 9.96. The fraction of sp³-hybridized carbons (Fsp3) is 0.500. The van der Waals surface area contributed by atoms with Gasteiger partial charge in [-0.05, 0) is 31.2 Å². The number of amides is 2. The number of ether oxygens (including phenoxy) is 1. The molecule has 2 N–H and O–H groups in total. The SMILES string of the molecule is CCOc1ccc(NC(=O)CCNC(=O)C(C)(C)C)cc1. The summed E-state index contributed by atoms with van der Waals surface area (Å²) in [5.74, 6) is 0.581. The van der Waals surface area contributed by atoms with E-state index < -0.39 is 5.41 Å². The highest BCUT2D eigenvalue weighted by atomic mass is 16.5. The van der Waals surface area contributed by atoms with Crippen molar-refractivity contribution in [2.45, 2.75) is 34.1 Å². The van der Waals surface area contributed by atoms with Crippen molar-refractivity contribution < 1.29 is 14.3 Å². The summed E-state index contributed by atoms with van der Waals surface area (Å²) >= 11 is 0. The summed E-state index contributed by atoms with van der Waals surface area (Å²) in [4.78, 5) is 23.4. The van der Waals surface area contributed by atoms with Gasteiger partial charge in [-0.1, -0.05) is 20.8 Å². The van der Waals surface area contributed by atoms with E-state index in [-0.39, 0.29) is 18.2 Å². The second-order valence-electron chi connectivity index (χ2n) is 5.76. The summed E-state index contributed by atoms with van der Waals surface area (Å²) in [6.45, 7) is 8.37. The Morgan fingerprint density at radius 3 is 2.29 bits per heavy atom. The number of hydrogen-bond donors (Lipinski definition) is 2. The Balaban J connectivity index is 2.35. The van der Waals surface area contributed by atoms with Crippen LogP contribution in [0.1, 0.15) is 34.1 Å². The zero-order valence-corrected chi connectivity index (χ0v) is 13.2. The molecule has 1 aromatic rings. The first kappa shape index (κ1) is 17.0. The zero-order valence-electron chi connectivity index (χ0n) is 13.2. The van der Waals surface area contributed by atoms with Gasteiger partial charge >= 0.3 is 0 Å². The molecule has 0 radical (unpaired) electrons. The molecule has 0 aliphatic heterocycles. The van der Waals surface area contributed by atoms with E-state index in [2.05, 4.69) is 10.6 Å². The first-order valence-corrected chi connectivity index (χ1v) is 7.14. The molecule has 0 aliphatic rings. The van der Waals surface area contributed by atoms with Crippen molar-refractivity contribution >= 4 is 17.5 Å². The van der Waals surface area contributed by atoms with Gasteiger partial charge in [0.05, 0.1) is 6.61 Å². The Hall–Kier alpha value is -2.04. The molecule has 0 spiro atoms. The van der Waals surface area contributed by atoms with Crippen LogP contribution in [0.15, 0.2) is 24.3 Å². The monoisotopic (exact) mass is 292 g/mol. The van der Waals surface area contributed by atoms with Crippen molar-refractivity contribution in [1.82, 2.24) is 5.32 Å². The number of benzene rings is 1. The van der Waals surface area contributed by atoms with E-state index in [4.69, 9.17) is 4.74 Å². The van der Waals surface area contributed by atoms with Gasteiger partial charge in [0.15, 0.2) is 0 Å². The van der Waals surface area contributed by atoms with Crippen LogP contribution >= 0.6 is 0 Å². The minimum absolute atomic E-state index is 0.0589. The van der Waals surface area contributed by atoms with Gasteiger partial charge < -0.3 is 15.4 Å². The third kappa shape index (κ3) is 6.29.